The zero-order valence-electron chi connectivity index (χ0n) is 8.41. The van der Waals surface area contributed by atoms with E-state index in [1.54, 1.807) is 24.3 Å². The van der Waals surface area contributed by atoms with Crippen LogP contribution in [0.3, 0.4) is 0 Å². The summed E-state index contributed by atoms with van der Waals surface area (Å²) < 4.78 is 0. The van der Waals surface area contributed by atoms with Gasteiger partial charge in [0.1, 0.15) is 0 Å². The van der Waals surface area contributed by atoms with Gasteiger partial charge < -0.3 is 10.4 Å². The number of hydrogen-bond acceptors (Lipinski definition) is 2. The molecule has 0 aliphatic rings. The fourth-order valence-corrected chi connectivity index (χ4v) is 1.51. The van der Waals surface area contributed by atoms with E-state index in [1.165, 1.54) is 6.08 Å². The maximum absolute atomic E-state index is 11.2. The van der Waals surface area contributed by atoms with Crippen LogP contribution in [0.5, 0.6) is 0 Å². The molecular weight excluding hydrogens is 249 g/mol. The zero-order valence-corrected chi connectivity index (χ0v) is 9.92. The van der Waals surface area contributed by atoms with Gasteiger partial charge in [0.15, 0.2) is 0 Å². The van der Waals surface area contributed by atoms with E-state index < -0.39 is 0 Å². The maximum atomic E-state index is 11.2. The summed E-state index contributed by atoms with van der Waals surface area (Å²) in [6, 6.07) is 5.02. The highest BCUT2D eigenvalue weighted by Crippen LogP contribution is 2.21. The largest absolute Gasteiger partial charge is 0.395 e. The Bertz CT molecular complexity index is 405. The fraction of sp³-hybridized carbons (Fsp3) is 0.182. The molecule has 0 fully saturated rings. The summed E-state index contributed by atoms with van der Waals surface area (Å²) in [5, 5.41) is 12.0. The maximum Gasteiger partial charge on any atom is 0.244 e. The number of aliphatic hydroxyl groups is 1. The molecule has 0 saturated heterocycles. The number of halogens is 2. The van der Waals surface area contributed by atoms with Crippen LogP contribution in [0.25, 0.3) is 6.08 Å². The SMILES string of the molecule is O=C(/C=C/c1ccc(Cl)cc1Cl)NCCO. The topological polar surface area (TPSA) is 49.3 Å². The lowest BCUT2D eigenvalue weighted by Crippen LogP contribution is -2.24. The molecule has 0 spiro atoms. The van der Waals surface area contributed by atoms with Crippen molar-refractivity contribution in [1.29, 1.82) is 0 Å². The zero-order chi connectivity index (χ0) is 12.0. The van der Waals surface area contributed by atoms with E-state index in [4.69, 9.17) is 28.3 Å². The van der Waals surface area contributed by atoms with Crippen LogP contribution in [-0.2, 0) is 4.79 Å². The van der Waals surface area contributed by atoms with E-state index >= 15 is 0 Å². The van der Waals surface area contributed by atoms with Gasteiger partial charge in [-0.25, -0.2) is 0 Å². The molecule has 86 valence electrons. The lowest BCUT2D eigenvalue weighted by Gasteiger charge is -1.99. The van der Waals surface area contributed by atoms with Crippen molar-refractivity contribution in [2.45, 2.75) is 0 Å². The van der Waals surface area contributed by atoms with Crippen molar-refractivity contribution in [3.63, 3.8) is 0 Å². The summed E-state index contributed by atoms with van der Waals surface area (Å²) in [7, 11) is 0. The van der Waals surface area contributed by atoms with E-state index in [0.717, 1.165) is 0 Å². The molecular formula is C11H11Cl2NO2. The summed E-state index contributed by atoms with van der Waals surface area (Å²) in [4.78, 5) is 11.2. The average molecular weight is 260 g/mol. The molecule has 0 radical (unpaired) electrons. The molecule has 0 unspecified atom stereocenters. The highest BCUT2D eigenvalue weighted by Gasteiger charge is 1.98. The second-order valence-corrected chi connectivity index (χ2v) is 3.86. The highest BCUT2D eigenvalue weighted by molar-refractivity contribution is 6.35. The van der Waals surface area contributed by atoms with E-state index in [9.17, 15) is 4.79 Å². The highest BCUT2D eigenvalue weighted by atomic mass is 35.5. The number of amides is 1. The Morgan fingerprint density at radius 3 is 2.81 bits per heavy atom. The van der Waals surface area contributed by atoms with Gasteiger partial charge in [-0.1, -0.05) is 29.3 Å². The Morgan fingerprint density at radius 1 is 1.44 bits per heavy atom. The van der Waals surface area contributed by atoms with Crippen LogP contribution in [0.15, 0.2) is 24.3 Å². The summed E-state index contributed by atoms with van der Waals surface area (Å²) in [6.45, 7) is 0.152. The van der Waals surface area contributed by atoms with Crippen LogP contribution < -0.4 is 5.32 Å². The van der Waals surface area contributed by atoms with Gasteiger partial charge in [0.05, 0.1) is 6.61 Å². The van der Waals surface area contributed by atoms with E-state index in [0.29, 0.717) is 15.6 Å². The number of hydrogen-bond donors (Lipinski definition) is 2. The first-order valence-electron chi connectivity index (χ1n) is 4.65. The van der Waals surface area contributed by atoms with Crippen LogP contribution in [0.4, 0.5) is 0 Å². The molecule has 0 aromatic heterocycles. The van der Waals surface area contributed by atoms with Gasteiger partial charge in [0, 0.05) is 22.7 Å². The van der Waals surface area contributed by atoms with Crippen LogP contribution in [0.1, 0.15) is 5.56 Å². The minimum atomic E-state index is -0.278. The standard InChI is InChI=1S/C11H11Cl2NO2/c12-9-3-1-8(10(13)7-9)2-4-11(16)14-5-6-15/h1-4,7,15H,5-6H2,(H,14,16)/b4-2+. The third-order valence-electron chi connectivity index (χ3n) is 1.79. The Hall–Kier alpha value is -1.03. The molecule has 0 heterocycles. The van der Waals surface area contributed by atoms with Crippen LogP contribution >= 0.6 is 23.2 Å². The second-order valence-electron chi connectivity index (χ2n) is 3.01. The third kappa shape index (κ3) is 4.23. The van der Waals surface area contributed by atoms with Crippen molar-refractivity contribution in [1.82, 2.24) is 5.32 Å². The van der Waals surface area contributed by atoms with Gasteiger partial charge >= 0.3 is 0 Å². The first-order valence-corrected chi connectivity index (χ1v) is 5.41. The number of carbonyl (C=O) groups is 1. The van der Waals surface area contributed by atoms with Crippen LogP contribution in [0, 0.1) is 0 Å². The number of carbonyl (C=O) groups excluding carboxylic acids is 1. The number of aliphatic hydroxyl groups excluding tert-OH is 1. The van der Waals surface area contributed by atoms with Crippen molar-refractivity contribution < 1.29 is 9.90 Å². The van der Waals surface area contributed by atoms with E-state index in [1.807, 2.05) is 0 Å². The van der Waals surface area contributed by atoms with Gasteiger partial charge in [-0.2, -0.15) is 0 Å². The normalized spacial score (nSPS) is 10.7. The third-order valence-corrected chi connectivity index (χ3v) is 2.35. The molecule has 0 atom stereocenters. The summed E-state index contributed by atoms with van der Waals surface area (Å²) in [5.74, 6) is -0.278. The van der Waals surface area contributed by atoms with Gasteiger partial charge in [0.25, 0.3) is 0 Å². The Kier molecular flexibility index (Phi) is 5.32. The molecule has 5 heteroatoms. The predicted octanol–water partition coefficient (Wildman–Crippen LogP) is 2.12. The second kappa shape index (κ2) is 6.53. The van der Waals surface area contributed by atoms with Gasteiger partial charge in [-0.3, -0.25) is 4.79 Å². The predicted molar refractivity (Wildman–Crippen MR) is 65.6 cm³/mol. The molecule has 0 bridgehead atoms. The minimum absolute atomic E-state index is 0.0821. The molecule has 1 aromatic carbocycles. The van der Waals surface area contributed by atoms with Crippen LogP contribution in [-0.4, -0.2) is 24.2 Å². The molecule has 0 saturated carbocycles. The van der Waals surface area contributed by atoms with Crippen molar-refractivity contribution in [2.75, 3.05) is 13.2 Å². The number of benzene rings is 1. The van der Waals surface area contributed by atoms with E-state index in [2.05, 4.69) is 5.32 Å². The molecule has 0 aliphatic carbocycles. The van der Waals surface area contributed by atoms with Crippen LogP contribution in [0.2, 0.25) is 10.0 Å². The fourth-order valence-electron chi connectivity index (χ4n) is 1.04. The van der Waals surface area contributed by atoms with Crippen molar-refractivity contribution in [2.24, 2.45) is 0 Å². The molecule has 16 heavy (non-hydrogen) atoms. The first kappa shape index (κ1) is 13.0. The lowest BCUT2D eigenvalue weighted by atomic mass is 10.2. The smallest absolute Gasteiger partial charge is 0.244 e. The molecule has 2 N–H and O–H groups in total. The Morgan fingerprint density at radius 2 is 2.19 bits per heavy atom. The molecule has 1 rings (SSSR count). The van der Waals surface area contributed by atoms with Gasteiger partial charge in [-0.15, -0.1) is 0 Å². The average Bonchev–Trinajstić information content (AvgIpc) is 2.25. The van der Waals surface area contributed by atoms with Gasteiger partial charge in [0.2, 0.25) is 5.91 Å². The summed E-state index contributed by atoms with van der Waals surface area (Å²) in [6.07, 6.45) is 2.94. The Balaban J connectivity index is 2.65. The quantitative estimate of drug-likeness (QED) is 0.814. The minimum Gasteiger partial charge on any atom is -0.395 e. The van der Waals surface area contributed by atoms with Gasteiger partial charge in [-0.05, 0) is 23.8 Å². The number of nitrogens with one attached hydrogen (secondary N) is 1. The number of rotatable bonds is 4. The van der Waals surface area contributed by atoms with Crippen molar-refractivity contribution in [3.8, 4) is 0 Å². The Labute approximate surface area is 104 Å². The first-order chi connectivity index (χ1) is 7.63. The monoisotopic (exact) mass is 259 g/mol. The molecule has 1 aromatic rings. The summed E-state index contributed by atoms with van der Waals surface area (Å²) in [5.41, 5.74) is 0.713. The molecule has 1 amide bonds. The lowest BCUT2D eigenvalue weighted by molar-refractivity contribution is -0.116. The van der Waals surface area contributed by atoms with Crippen molar-refractivity contribution >= 4 is 35.2 Å². The summed E-state index contributed by atoms with van der Waals surface area (Å²) >= 11 is 11.6. The van der Waals surface area contributed by atoms with E-state index in [-0.39, 0.29) is 19.1 Å². The van der Waals surface area contributed by atoms with Crippen molar-refractivity contribution in [3.05, 3.63) is 39.9 Å². The molecule has 3 nitrogen and oxygen atoms in total. The molecule has 0 aliphatic heterocycles.